The number of carbonyl (C=O) groups is 1. The molecule has 0 saturated heterocycles. The minimum Gasteiger partial charge on any atom is -0.450 e. The third-order valence-corrected chi connectivity index (χ3v) is 5.62. The first-order valence-corrected chi connectivity index (χ1v) is 10.1. The molecule has 1 aliphatic rings. The van der Waals surface area contributed by atoms with E-state index in [0.29, 0.717) is 10.8 Å². The van der Waals surface area contributed by atoms with Crippen LogP contribution in [0.4, 0.5) is 0 Å². The number of aryl methyl sites for hydroxylation is 1. The van der Waals surface area contributed by atoms with Crippen LogP contribution in [-0.2, 0) is 0 Å². The van der Waals surface area contributed by atoms with E-state index < -0.39 is 0 Å². The minimum absolute atomic E-state index is 0.124. The van der Waals surface area contributed by atoms with Gasteiger partial charge < -0.3 is 9.73 Å². The maximum Gasteiger partial charge on any atom is 0.287 e. The predicted octanol–water partition coefficient (Wildman–Crippen LogP) is 6.51. The van der Waals surface area contributed by atoms with Gasteiger partial charge in [0.05, 0.1) is 0 Å². The highest BCUT2D eigenvalue weighted by molar-refractivity contribution is 6.30. The molecule has 0 bridgehead atoms. The highest BCUT2D eigenvalue weighted by Gasteiger charge is 2.24. The van der Waals surface area contributed by atoms with Crippen molar-refractivity contribution in [3.63, 3.8) is 0 Å². The molecule has 3 nitrogen and oxygen atoms in total. The maximum atomic E-state index is 13.1. The summed E-state index contributed by atoms with van der Waals surface area (Å²) in [6.45, 7) is 2.04. The van der Waals surface area contributed by atoms with Crippen LogP contribution >= 0.6 is 11.6 Å². The lowest BCUT2D eigenvalue weighted by Gasteiger charge is -2.15. The zero-order valence-corrected chi connectivity index (χ0v) is 16.3. The maximum absolute atomic E-state index is 13.1. The highest BCUT2D eigenvalue weighted by Crippen LogP contribution is 2.36. The summed E-state index contributed by atoms with van der Waals surface area (Å²) in [5, 5.41) is 4.85. The molecule has 1 amide bonds. The number of amides is 1. The zero-order valence-electron chi connectivity index (χ0n) is 15.6. The van der Waals surface area contributed by atoms with E-state index in [4.69, 9.17) is 16.0 Å². The average Bonchev–Trinajstić information content (AvgIpc) is 2.83. The van der Waals surface area contributed by atoms with Gasteiger partial charge in [0, 0.05) is 22.0 Å². The molecule has 0 spiro atoms. The van der Waals surface area contributed by atoms with Crippen LogP contribution in [0.1, 0.15) is 54.6 Å². The van der Waals surface area contributed by atoms with E-state index in [0.717, 1.165) is 40.5 Å². The van der Waals surface area contributed by atoms with Gasteiger partial charge in [-0.1, -0.05) is 61.0 Å². The summed E-state index contributed by atoms with van der Waals surface area (Å²) < 4.78 is 6.03. The van der Waals surface area contributed by atoms with Crippen LogP contribution in [0.25, 0.3) is 22.1 Å². The molecule has 1 N–H and O–H groups in total. The molecule has 1 heterocycles. The summed E-state index contributed by atoms with van der Waals surface area (Å²) in [6.07, 6.45) is 6.95. The van der Waals surface area contributed by atoms with Crippen molar-refractivity contribution in [2.75, 3.05) is 0 Å². The largest absolute Gasteiger partial charge is 0.450 e. The van der Waals surface area contributed by atoms with Crippen LogP contribution in [0.15, 0.2) is 46.9 Å². The Hall–Kier alpha value is -2.26. The van der Waals surface area contributed by atoms with Crippen LogP contribution in [0.3, 0.4) is 0 Å². The first-order chi connectivity index (χ1) is 13.1. The van der Waals surface area contributed by atoms with E-state index >= 15 is 0 Å². The van der Waals surface area contributed by atoms with Crippen molar-refractivity contribution in [2.45, 2.75) is 51.5 Å². The number of nitrogens with one attached hydrogen (secondary N) is 1. The Morgan fingerprint density at radius 1 is 1.04 bits per heavy atom. The molecule has 1 fully saturated rings. The summed E-state index contributed by atoms with van der Waals surface area (Å²) >= 11 is 6.06. The Morgan fingerprint density at radius 3 is 2.44 bits per heavy atom. The molecule has 0 unspecified atom stereocenters. The molecule has 0 radical (unpaired) electrons. The third kappa shape index (κ3) is 3.89. The van der Waals surface area contributed by atoms with E-state index in [-0.39, 0.29) is 11.9 Å². The number of hydrogen-bond donors (Lipinski definition) is 1. The van der Waals surface area contributed by atoms with Crippen LogP contribution in [-0.4, -0.2) is 11.9 Å². The molecule has 2 aromatic carbocycles. The van der Waals surface area contributed by atoms with Gasteiger partial charge in [0.2, 0.25) is 5.76 Å². The average molecular weight is 382 g/mol. The monoisotopic (exact) mass is 381 g/mol. The third-order valence-electron chi connectivity index (χ3n) is 5.37. The van der Waals surface area contributed by atoms with Gasteiger partial charge in [-0.3, -0.25) is 4.79 Å². The van der Waals surface area contributed by atoms with Gasteiger partial charge in [0.1, 0.15) is 5.58 Å². The van der Waals surface area contributed by atoms with E-state index in [9.17, 15) is 4.79 Å². The highest BCUT2D eigenvalue weighted by atomic mass is 35.5. The molecule has 1 aromatic heterocycles. The molecule has 27 heavy (non-hydrogen) atoms. The molecule has 3 aromatic rings. The van der Waals surface area contributed by atoms with Crippen LogP contribution in [0.5, 0.6) is 0 Å². The van der Waals surface area contributed by atoms with Crippen molar-refractivity contribution >= 4 is 28.5 Å². The second-order valence-electron chi connectivity index (χ2n) is 7.47. The van der Waals surface area contributed by atoms with Crippen molar-refractivity contribution in [3.05, 3.63) is 58.8 Å². The first-order valence-electron chi connectivity index (χ1n) is 9.72. The summed E-state index contributed by atoms with van der Waals surface area (Å²) in [4.78, 5) is 13.1. The normalized spacial score (nSPS) is 15.6. The molecular weight excluding hydrogens is 358 g/mol. The lowest BCUT2D eigenvalue weighted by Crippen LogP contribution is -2.34. The Kier molecular flexibility index (Phi) is 5.22. The molecule has 1 saturated carbocycles. The van der Waals surface area contributed by atoms with Crippen LogP contribution in [0.2, 0.25) is 5.02 Å². The van der Waals surface area contributed by atoms with Gasteiger partial charge in [-0.2, -0.15) is 0 Å². The summed E-state index contributed by atoms with van der Waals surface area (Å²) in [7, 11) is 0. The van der Waals surface area contributed by atoms with Crippen LogP contribution in [0, 0.1) is 6.92 Å². The van der Waals surface area contributed by atoms with Gasteiger partial charge in [-0.05, 0) is 49.6 Å². The fraction of sp³-hybridized carbons (Fsp3) is 0.348. The number of rotatable bonds is 3. The molecule has 0 atom stereocenters. The Bertz CT molecular complexity index is 950. The number of benzene rings is 2. The standard InChI is InChI=1S/C23H24ClNO2/c1-15-8-13-20-19(14-15)21(16-9-11-17(24)12-10-16)22(27-20)23(26)25-18-6-4-2-3-5-7-18/h8-14,18H,2-7H2,1H3,(H,25,26). The molecule has 4 heteroatoms. The number of hydrogen-bond acceptors (Lipinski definition) is 2. The smallest absolute Gasteiger partial charge is 0.287 e. The fourth-order valence-corrected chi connectivity index (χ4v) is 4.08. The van der Waals surface area contributed by atoms with Gasteiger partial charge >= 0.3 is 0 Å². The van der Waals surface area contributed by atoms with Crippen molar-refractivity contribution in [2.24, 2.45) is 0 Å². The fourth-order valence-electron chi connectivity index (χ4n) is 3.95. The van der Waals surface area contributed by atoms with E-state index in [1.165, 1.54) is 25.7 Å². The number of halogens is 1. The van der Waals surface area contributed by atoms with Crippen molar-refractivity contribution in [1.82, 2.24) is 5.32 Å². The van der Waals surface area contributed by atoms with Crippen molar-refractivity contribution < 1.29 is 9.21 Å². The Labute approximate surface area is 164 Å². The van der Waals surface area contributed by atoms with Crippen molar-refractivity contribution in [3.8, 4) is 11.1 Å². The lowest BCUT2D eigenvalue weighted by atomic mass is 10.00. The second kappa shape index (κ2) is 7.77. The Morgan fingerprint density at radius 2 is 1.74 bits per heavy atom. The molecule has 140 valence electrons. The topological polar surface area (TPSA) is 42.2 Å². The molecular formula is C23H24ClNO2. The van der Waals surface area contributed by atoms with Gasteiger partial charge in [-0.15, -0.1) is 0 Å². The second-order valence-corrected chi connectivity index (χ2v) is 7.91. The number of carbonyl (C=O) groups excluding carboxylic acids is 1. The minimum atomic E-state index is -0.124. The number of furan rings is 1. The Balaban J connectivity index is 1.75. The van der Waals surface area contributed by atoms with E-state index in [1.54, 1.807) is 0 Å². The van der Waals surface area contributed by atoms with Gasteiger partial charge in [0.25, 0.3) is 5.91 Å². The predicted molar refractivity (Wildman–Crippen MR) is 110 cm³/mol. The van der Waals surface area contributed by atoms with E-state index in [2.05, 4.69) is 11.4 Å². The lowest BCUT2D eigenvalue weighted by molar-refractivity contribution is 0.0908. The summed E-state index contributed by atoms with van der Waals surface area (Å²) in [6, 6.07) is 13.8. The van der Waals surface area contributed by atoms with E-state index in [1.807, 2.05) is 43.3 Å². The molecule has 0 aliphatic heterocycles. The molecule has 4 rings (SSSR count). The number of fused-ring (bicyclic) bond motifs is 1. The molecule has 1 aliphatic carbocycles. The zero-order chi connectivity index (χ0) is 18.8. The summed E-state index contributed by atoms with van der Waals surface area (Å²) in [5.74, 6) is 0.267. The quantitative estimate of drug-likeness (QED) is 0.525. The summed E-state index contributed by atoms with van der Waals surface area (Å²) in [5.41, 5.74) is 3.65. The SMILES string of the molecule is Cc1ccc2oc(C(=O)NC3CCCCCC3)c(-c3ccc(Cl)cc3)c2c1. The van der Waals surface area contributed by atoms with Crippen LogP contribution < -0.4 is 5.32 Å². The van der Waals surface area contributed by atoms with Gasteiger partial charge in [0.15, 0.2) is 0 Å². The first kappa shape index (κ1) is 18.1. The van der Waals surface area contributed by atoms with Gasteiger partial charge in [-0.25, -0.2) is 0 Å². The van der Waals surface area contributed by atoms with Crippen molar-refractivity contribution in [1.29, 1.82) is 0 Å².